The van der Waals surface area contributed by atoms with E-state index >= 15 is 0 Å². The Morgan fingerprint density at radius 1 is 0.638 bits per heavy atom. The van der Waals surface area contributed by atoms with Crippen LogP contribution in [0.5, 0.6) is 0 Å². The van der Waals surface area contributed by atoms with E-state index in [0.717, 1.165) is 51.2 Å². The van der Waals surface area contributed by atoms with Gasteiger partial charge in [-0.2, -0.15) is 0 Å². The third-order valence-corrected chi connectivity index (χ3v) is 13.1. The van der Waals surface area contributed by atoms with Gasteiger partial charge in [-0.25, -0.2) is 0 Å². The summed E-state index contributed by atoms with van der Waals surface area (Å²) in [7, 11) is 0. The second kappa shape index (κ2) is 9.04. The fourth-order valence-corrected chi connectivity index (χ4v) is 11.3. The molecule has 47 heavy (non-hydrogen) atoms. The van der Waals surface area contributed by atoms with Gasteiger partial charge in [0.2, 0.25) is 0 Å². The minimum Gasteiger partial charge on any atom is -0.386 e. The van der Waals surface area contributed by atoms with Crippen LogP contribution in [0.2, 0.25) is 0 Å². The lowest BCUT2D eigenvalue weighted by Gasteiger charge is -2.52. The van der Waals surface area contributed by atoms with Crippen LogP contribution in [-0.4, -0.2) is 10.2 Å². The molecule has 2 heterocycles. The Kier molecular flexibility index (Phi) is 5.36. The van der Waals surface area contributed by atoms with Crippen molar-refractivity contribution in [1.29, 1.82) is 0 Å². The number of rotatable bonds is 4. The molecule has 3 nitrogen and oxygen atoms in total. The molecule has 0 saturated heterocycles. The van der Waals surface area contributed by atoms with Crippen LogP contribution >= 0.6 is 0 Å². The zero-order valence-electron chi connectivity index (χ0n) is 27.4. The molecule has 4 bridgehead atoms. The lowest BCUT2D eigenvalue weighted by atomic mass is 9.60. The number of benzene rings is 5. The predicted octanol–water partition coefficient (Wildman–Crippen LogP) is 9.34. The van der Waals surface area contributed by atoms with E-state index in [1.54, 1.807) is 0 Å². The molecule has 0 amide bonds. The van der Waals surface area contributed by atoms with E-state index in [1.807, 2.05) is 20.8 Å². The van der Waals surface area contributed by atoms with E-state index in [9.17, 15) is 10.2 Å². The quantitative estimate of drug-likeness (QED) is 0.208. The van der Waals surface area contributed by atoms with Crippen LogP contribution in [0.25, 0.3) is 0 Å². The van der Waals surface area contributed by atoms with Crippen LogP contribution in [0.3, 0.4) is 0 Å². The first-order chi connectivity index (χ1) is 22.7. The van der Waals surface area contributed by atoms with Gasteiger partial charge in [-0.1, -0.05) is 103 Å². The first kappa shape index (κ1) is 27.9. The van der Waals surface area contributed by atoms with Crippen molar-refractivity contribution < 1.29 is 10.2 Å². The van der Waals surface area contributed by atoms with Crippen molar-refractivity contribution in [3.8, 4) is 0 Å². The van der Waals surface area contributed by atoms with Gasteiger partial charge in [0, 0.05) is 16.7 Å². The van der Waals surface area contributed by atoms with E-state index in [4.69, 9.17) is 0 Å². The monoisotopic (exact) mass is 615 g/mol. The number of hydrogen-bond donors (Lipinski definition) is 2. The van der Waals surface area contributed by atoms with Crippen LogP contribution in [0.4, 0.5) is 17.1 Å². The Hall–Kier alpha value is -4.18. The Bertz CT molecular complexity index is 2040. The van der Waals surface area contributed by atoms with E-state index in [-0.39, 0.29) is 5.41 Å². The molecule has 2 aliphatic heterocycles. The van der Waals surface area contributed by atoms with Crippen LogP contribution in [0, 0.1) is 17.8 Å². The Morgan fingerprint density at radius 3 is 1.81 bits per heavy atom. The number of fused-ring (bicyclic) bond motifs is 4. The number of para-hydroxylation sites is 2. The average molecular weight is 616 g/mol. The molecule has 4 fully saturated rings. The Balaban J connectivity index is 1.33. The van der Waals surface area contributed by atoms with Crippen molar-refractivity contribution in [1.82, 2.24) is 0 Å². The van der Waals surface area contributed by atoms with Gasteiger partial charge >= 0.3 is 0 Å². The van der Waals surface area contributed by atoms with E-state index in [0.29, 0.717) is 5.92 Å². The molecule has 0 aromatic heterocycles. The highest BCUT2D eigenvalue weighted by Gasteiger charge is 2.64. The maximum absolute atomic E-state index is 13.0. The first-order valence-electron chi connectivity index (χ1n) is 17.4. The van der Waals surface area contributed by atoms with Crippen molar-refractivity contribution >= 4 is 17.1 Å². The van der Waals surface area contributed by atoms with Gasteiger partial charge < -0.3 is 15.1 Å². The summed E-state index contributed by atoms with van der Waals surface area (Å²) >= 11 is 0. The molecule has 5 aromatic carbocycles. The largest absolute Gasteiger partial charge is 0.386 e. The zero-order valence-corrected chi connectivity index (χ0v) is 27.4. The highest BCUT2D eigenvalue weighted by atomic mass is 16.3. The molecule has 6 aliphatic rings. The number of nitrogens with zero attached hydrogens (tertiary/aromatic N) is 1. The Labute approximate surface area is 277 Å². The molecule has 5 aromatic rings. The van der Waals surface area contributed by atoms with Crippen LogP contribution in [0.1, 0.15) is 91.0 Å². The maximum Gasteiger partial charge on any atom is 0.116 e. The molecule has 0 radical (unpaired) electrons. The van der Waals surface area contributed by atoms with Crippen molar-refractivity contribution in [3.05, 3.63) is 160 Å². The van der Waals surface area contributed by atoms with Gasteiger partial charge in [-0.15, -0.1) is 0 Å². The van der Waals surface area contributed by atoms with Crippen LogP contribution in [-0.2, 0) is 22.0 Å². The van der Waals surface area contributed by atoms with Gasteiger partial charge in [-0.05, 0) is 110 Å². The molecule has 3 unspecified atom stereocenters. The normalized spacial score (nSPS) is 28.7. The van der Waals surface area contributed by atoms with Crippen molar-refractivity contribution in [2.45, 2.75) is 68.5 Å². The molecular weight excluding hydrogens is 574 g/mol. The molecule has 4 aliphatic carbocycles. The summed E-state index contributed by atoms with van der Waals surface area (Å²) in [5.41, 5.74) is 8.90. The molecule has 0 spiro atoms. The SMILES string of the molecule is CC(C)(O)c1cc(C23CC4CC2CC4C3)cc2c1N1c3ccccc3C(c3ccccc3)(c3ccccc3)c3cccc(c31)C2(C)O. The van der Waals surface area contributed by atoms with Crippen LogP contribution < -0.4 is 4.90 Å². The molecule has 3 atom stereocenters. The fraction of sp³-hybridized carbons (Fsp3) is 0.318. The lowest BCUT2D eigenvalue weighted by Crippen LogP contribution is -2.43. The summed E-state index contributed by atoms with van der Waals surface area (Å²) in [5.74, 6) is 2.39. The topological polar surface area (TPSA) is 43.7 Å². The minimum absolute atomic E-state index is 0.165. The first-order valence-corrected chi connectivity index (χ1v) is 17.4. The molecule has 3 heteroatoms. The van der Waals surface area contributed by atoms with Gasteiger partial charge in [-0.3, -0.25) is 0 Å². The van der Waals surface area contributed by atoms with Crippen molar-refractivity contribution in [2.75, 3.05) is 4.90 Å². The predicted molar refractivity (Wildman–Crippen MR) is 188 cm³/mol. The van der Waals surface area contributed by atoms with Gasteiger partial charge in [0.1, 0.15) is 5.60 Å². The highest BCUT2D eigenvalue weighted by molar-refractivity contribution is 5.96. The molecular formula is C44H41NO2. The van der Waals surface area contributed by atoms with E-state index in [1.165, 1.54) is 47.9 Å². The van der Waals surface area contributed by atoms with Crippen LogP contribution in [0.15, 0.2) is 115 Å². The maximum atomic E-state index is 13.0. The minimum atomic E-state index is -1.27. The van der Waals surface area contributed by atoms with Gasteiger partial charge in [0.15, 0.2) is 0 Å². The second-order valence-electron chi connectivity index (χ2n) is 15.8. The van der Waals surface area contributed by atoms with Gasteiger partial charge in [0.25, 0.3) is 0 Å². The highest BCUT2D eigenvalue weighted by Crippen LogP contribution is 2.71. The summed E-state index contributed by atoms with van der Waals surface area (Å²) < 4.78 is 0. The summed E-state index contributed by atoms with van der Waals surface area (Å²) in [6.07, 6.45) is 5.17. The molecule has 11 rings (SSSR count). The molecule has 4 saturated carbocycles. The number of anilines is 3. The fourth-order valence-electron chi connectivity index (χ4n) is 11.3. The molecule has 2 N–H and O–H groups in total. The third kappa shape index (κ3) is 3.34. The second-order valence-corrected chi connectivity index (χ2v) is 15.8. The molecule has 234 valence electrons. The summed E-state index contributed by atoms with van der Waals surface area (Å²) in [6.45, 7) is 5.81. The smallest absolute Gasteiger partial charge is 0.116 e. The van der Waals surface area contributed by atoms with Crippen molar-refractivity contribution in [2.24, 2.45) is 17.8 Å². The summed E-state index contributed by atoms with van der Waals surface area (Å²) in [4.78, 5) is 2.39. The lowest BCUT2D eigenvalue weighted by molar-refractivity contribution is 0.0768. The van der Waals surface area contributed by atoms with E-state index < -0.39 is 16.6 Å². The number of aliphatic hydroxyl groups is 2. The summed E-state index contributed by atoms with van der Waals surface area (Å²) in [5, 5.41) is 25.1. The standard InChI is InChI=1S/C44H41NO2/c1-41(2,46)36-23-32(43-25-27-21-31(43)22-28(27)26-43)24-37-40(36)45-38-20-11-10-17-33(38)44(29-13-6-4-7-14-29,30-15-8-5-9-16-30)35-19-12-18-34(39(35)45)42(37,3)47/h4-20,23-24,27-28,31,46-47H,21-22,25-26H2,1-3H3. The van der Waals surface area contributed by atoms with Gasteiger partial charge in [0.05, 0.1) is 28.1 Å². The average Bonchev–Trinajstić information content (AvgIpc) is 3.84. The van der Waals surface area contributed by atoms with E-state index in [2.05, 4.69) is 120 Å². The van der Waals surface area contributed by atoms with Crippen molar-refractivity contribution in [3.63, 3.8) is 0 Å². The third-order valence-electron chi connectivity index (χ3n) is 13.1. The summed E-state index contributed by atoms with van der Waals surface area (Å²) in [6, 6.07) is 41.6. The zero-order chi connectivity index (χ0) is 31.9. The Morgan fingerprint density at radius 2 is 1.21 bits per heavy atom. The number of hydrogen-bond acceptors (Lipinski definition) is 3.